The predicted octanol–water partition coefficient (Wildman–Crippen LogP) is 0.495. The summed E-state index contributed by atoms with van der Waals surface area (Å²) in [5.41, 5.74) is 0. The number of carbonyl (C=O) groups is 2. The minimum atomic E-state index is -0.479. The standard InChI is InChI=1S/C10H17NO3S/c1-7(12)4-11-5-9(3-10(11)14)6-15-8(2)13/h7,9,12H,3-6H2,1-2H3. The number of aliphatic hydroxyl groups is 1. The van der Waals surface area contributed by atoms with Crippen molar-refractivity contribution in [2.75, 3.05) is 18.8 Å². The molecule has 0 aromatic heterocycles. The summed E-state index contributed by atoms with van der Waals surface area (Å²) in [6, 6.07) is 0. The monoisotopic (exact) mass is 231 g/mol. The molecule has 0 aromatic rings. The lowest BCUT2D eigenvalue weighted by Gasteiger charge is -2.17. The van der Waals surface area contributed by atoms with Crippen LogP contribution in [0.15, 0.2) is 0 Å². The van der Waals surface area contributed by atoms with Crippen molar-refractivity contribution >= 4 is 22.8 Å². The van der Waals surface area contributed by atoms with Crippen molar-refractivity contribution in [3.63, 3.8) is 0 Å². The van der Waals surface area contributed by atoms with Gasteiger partial charge in [-0.1, -0.05) is 11.8 Å². The number of aliphatic hydroxyl groups excluding tert-OH is 1. The van der Waals surface area contributed by atoms with E-state index in [0.717, 1.165) is 0 Å². The summed E-state index contributed by atoms with van der Waals surface area (Å²) in [5.74, 6) is 1.05. The lowest BCUT2D eigenvalue weighted by molar-refractivity contribution is -0.128. The topological polar surface area (TPSA) is 57.6 Å². The second kappa shape index (κ2) is 5.51. The predicted molar refractivity (Wildman–Crippen MR) is 59.5 cm³/mol. The fourth-order valence-electron chi connectivity index (χ4n) is 1.70. The van der Waals surface area contributed by atoms with E-state index in [4.69, 9.17) is 0 Å². The fraction of sp³-hybridized carbons (Fsp3) is 0.800. The third-order valence-corrected chi connectivity index (χ3v) is 3.35. The van der Waals surface area contributed by atoms with Gasteiger partial charge in [-0.2, -0.15) is 0 Å². The second-order valence-electron chi connectivity index (χ2n) is 4.02. The molecule has 1 rings (SSSR count). The number of β-amino-alcohol motifs (C(OH)–C–C–N with tert-alkyl or cyclic N) is 1. The Morgan fingerprint density at radius 2 is 2.40 bits per heavy atom. The quantitative estimate of drug-likeness (QED) is 0.765. The van der Waals surface area contributed by atoms with Crippen molar-refractivity contribution in [3.05, 3.63) is 0 Å². The molecule has 2 unspecified atom stereocenters. The van der Waals surface area contributed by atoms with Crippen molar-refractivity contribution in [1.82, 2.24) is 4.90 Å². The van der Waals surface area contributed by atoms with Gasteiger partial charge in [0.2, 0.25) is 5.91 Å². The fourth-order valence-corrected chi connectivity index (χ4v) is 2.39. The molecule has 0 saturated carbocycles. The van der Waals surface area contributed by atoms with Crippen molar-refractivity contribution in [2.24, 2.45) is 5.92 Å². The largest absolute Gasteiger partial charge is 0.392 e. The van der Waals surface area contributed by atoms with Crippen LogP contribution in [0.5, 0.6) is 0 Å². The average molecular weight is 231 g/mol. The summed E-state index contributed by atoms with van der Waals surface area (Å²) in [6.45, 7) is 4.28. The molecule has 0 bridgehead atoms. The van der Waals surface area contributed by atoms with Crippen LogP contribution in [-0.2, 0) is 9.59 Å². The van der Waals surface area contributed by atoms with Gasteiger partial charge >= 0.3 is 0 Å². The van der Waals surface area contributed by atoms with E-state index < -0.39 is 6.10 Å². The molecule has 15 heavy (non-hydrogen) atoms. The number of nitrogens with zero attached hydrogens (tertiary/aromatic N) is 1. The van der Waals surface area contributed by atoms with E-state index in [1.54, 1.807) is 11.8 Å². The highest BCUT2D eigenvalue weighted by atomic mass is 32.2. The molecule has 2 atom stereocenters. The number of thioether (sulfide) groups is 1. The lowest BCUT2D eigenvalue weighted by atomic mass is 10.1. The van der Waals surface area contributed by atoms with Gasteiger partial charge in [0.15, 0.2) is 5.12 Å². The van der Waals surface area contributed by atoms with Crippen LogP contribution >= 0.6 is 11.8 Å². The SMILES string of the molecule is CC(=O)SCC1CC(=O)N(CC(C)O)C1. The zero-order valence-electron chi connectivity index (χ0n) is 9.10. The smallest absolute Gasteiger partial charge is 0.223 e. The number of carbonyl (C=O) groups excluding carboxylic acids is 2. The minimum Gasteiger partial charge on any atom is -0.392 e. The van der Waals surface area contributed by atoms with Gasteiger partial charge in [-0.15, -0.1) is 0 Å². The van der Waals surface area contributed by atoms with Crippen LogP contribution in [0.3, 0.4) is 0 Å². The summed E-state index contributed by atoms with van der Waals surface area (Å²) in [4.78, 5) is 23.9. The van der Waals surface area contributed by atoms with Crippen LogP contribution in [0.2, 0.25) is 0 Å². The van der Waals surface area contributed by atoms with Gasteiger partial charge in [0.1, 0.15) is 0 Å². The van der Waals surface area contributed by atoms with E-state index in [-0.39, 0.29) is 16.9 Å². The van der Waals surface area contributed by atoms with E-state index in [2.05, 4.69) is 0 Å². The molecule has 0 spiro atoms. The zero-order chi connectivity index (χ0) is 11.4. The molecule has 5 heteroatoms. The van der Waals surface area contributed by atoms with E-state index in [1.807, 2.05) is 0 Å². The van der Waals surface area contributed by atoms with Gasteiger partial charge in [0, 0.05) is 32.2 Å². The maximum Gasteiger partial charge on any atom is 0.223 e. The first-order chi connectivity index (χ1) is 6.99. The third kappa shape index (κ3) is 4.22. The lowest BCUT2D eigenvalue weighted by Crippen LogP contribution is -2.32. The number of likely N-dealkylation sites (tertiary alicyclic amines) is 1. The Bertz CT molecular complexity index is 255. The molecular formula is C10H17NO3S. The highest BCUT2D eigenvalue weighted by Crippen LogP contribution is 2.22. The maximum atomic E-state index is 11.5. The van der Waals surface area contributed by atoms with Crippen LogP contribution in [0.25, 0.3) is 0 Å². The summed E-state index contributed by atoms with van der Waals surface area (Å²) in [6.07, 6.45) is 0.0284. The number of amides is 1. The molecule has 4 nitrogen and oxygen atoms in total. The van der Waals surface area contributed by atoms with Gasteiger partial charge in [0.05, 0.1) is 6.10 Å². The van der Waals surface area contributed by atoms with Crippen LogP contribution in [-0.4, -0.2) is 46.0 Å². The molecule has 86 valence electrons. The summed E-state index contributed by atoms with van der Waals surface area (Å²) in [5, 5.41) is 9.28. The Balaban J connectivity index is 2.35. The Kier molecular flexibility index (Phi) is 4.60. The van der Waals surface area contributed by atoms with Gasteiger partial charge in [-0.05, 0) is 12.8 Å². The molecule has 1 saturated heterocycles. The van der Waals surface area contributed by atoms with E-state index in [9.17, 15) is 14.7 Å². The number of hydrogen-bond donors (Lipinski definition) is 1. The summed E-state index contributed by atoms with van der Waals surface area (Å²) < 4.78 is 0. The highest BCUT2D eigenvalue weighted by molar-refractivity contribution is 8.13. The molecule has 1 aliphatic rings. The van der Waals surface area contributed by atoms with Gasteiger partial charge < -0.3 is 10.0 Å². The summed E-state index contributed by atoms with van der Waals surface area (Å²) >= 11 is 1.27. The molecule has 0 aromatic carbocycles. The average Bonchev–Trinajstić information content (AvgIpc) is 2.43. The third-order valence-electron chi connectivity index (χ3n) is 2.30. The zero-order valence-corrected chi connectivity index (χ0v) is 9.92. The minimum absolute atomic E-state index is 0.0880. The Hall–Kier alpha value is -0.550. The van der Waals surface area contributed by atoms with Crippen molar-refractivity contribution < 1.29 is 14.7 Å². The maximum absolute atomic E-state index is 11.5. The molecule has 1 aliphatic heterocycles. The van der Waals surface area contributed by atoms with E-state index in [1.165, 1.54) is 18.7 Å². The molecule has 1 amide bonds. The first-order valence-electron chi connectivity index (χ1n) is 5.08. The van der Waals surface area contributed by atoms with Crippen LogP contribution in [0.1, 0.15) is 20.3 Å². The number of rotatable bonds is 4. The first kappa shape index (κ1) is 12.5. The molecule has 1 N–H and O–H groups in total. The molecular weight excluding hydrogens is 214 g/mol. The van der Waals surface area contributed by atoms with Crippen LogP contribution in [0.4, 0.5) is 0 Å². The summed E-state index contributed by atoms with van der Waals surface area (Å²) in [7, 11) is 0. The second-order valence-corrected chi connectivity index (χ2v) is 5.22. The Labute approximate surface area is 94.0 Å². The normalized spacial score (nSPS) is 23.3. The number of hydrogen-bond acceptors (Lipinski definition) is 4. The van der Waals surface area contributed by atoms with Gasteiger partial charge in [-0.25, -0.2) is 0 Å². The Morgan fingerprint density at radius 1 is 1.73 bits per heavy atom. The first-order valence-corrected chi connectivity index (χ1v) is 6.06. The van der Waals surface area contributed by atoms with Crippen molar-refractivity contribution in [2.45, 2.75) is 26.4 Å². The highest BCUT2D eigenvalue weighted by Gasteiger charge is 2.30. The van der Waals surface area contributed by atoms with Crippen molar-refractivity contribution in [1.29, 1.82) is 0 Å². The molecule has 1 fully saturated rings. The molecule has 0 aliphatic carbocycles. The van der Waals surface area contributed by atoms with Crippen LogP contribution in [0, 0.1) is 5.92 Å². The molecule has 0 radical (unpaired) electrons. The van der Waals surface area contributed by atoms with Gasteiger partial charge in [-0.3, -0.25) is 9.59 Å². The molecule has 1 heterocycles. The Morgan fingerprint density at radius 3 is 2.93 bits per heavy atom. The van der Waals surface area contributed by atoms with E-state index in [0.29, 0.717) is 25.3 Å². The van der Waals surface area contributed by atoms with Crippen molar-refractivity contribution in [3.8, 4) is 0 Å². The van der Waals surface area contributed by atoms with Crippen LogP contribution < -0.4 is 0 Å². The van der Waals surface area contributed by atoms with Gasteiger partial charge in [0.25, 0.3) is 0 Å². The van der Waals surface area contributed by atoms with E-state index >= 15 is 0 Å².